The van der Waals surface area contributed by atoms with Crippen LogP contribution >= 0.6 is 0 Å². The van der Waals surface area contributed by atoms with Crippen molar-refractivity contribution in [1.29, 1.82) is 0 Å². The van der Waals surface area contributed by atoms with Gasteiger partial charge in [-0.25, -0.2) is 4.98 Å². The molecular weight excluding hydrogens is 198 g/mol. The zero-order valence-corrected chi connectivity index (χ0v) is 11.1. The van der Waals surface area contributed by atoms with Crippen LogP contribution < -0.4 is 5.32 Å². The Kier molecular flexibility index (Phi) is 5.00. The van der Waals surface area contributed by atoms with E-state index in [0.717, 1.165) is 18.9 Å². The van der Waals surface area contributed by atoms with Crippen molar-refractivity contribution in [3.8, 4) is 0 Å². The van der Waals surface area contributed by atoms with E-state index in [4.69, 9.17) is 0 Å². The Hall–Kier alpha value is -0.830. The van der Waals surface area contributed by atoms with Gasteiger partial charge in [-0.15, -0.1) is 0 Å². The van der Waals surface area contributed by atoms with E-state index in [1.807, 2.05) is 19.4 Å². The van der Waals surface area contributed by atoms with E-state index in [0.29, 0.717) is 5.41 Å². The predicted molar refractivity (Wildman–Crippen MR) is 68.2 cm³/mol. The van der Waals surface area contributed by atoms with Gasteiger partial charge in [0.15, 0.2) is 0 Å². The summed E-state index contributed by atoms with van der Waals surface area (Å²) in [5, 5.41) is 3.54. The van der Waals surface area contributed by atoms with Crippen molar-refractivity contribution in [1.82, 2.24) is 14.9 Å². The van der Waals surface area contributed by atoms with E-state index < -0.39 is 0 Å². The topological polar surface area (TPSA) is 29.9 Å². The fraction of sp³-hybridized carbons (Fsp3) is 0.769. The van der Waals surface area contributed by atoms with Gasteiger partial charge in [0.2, 0.25) is 0 Å². The quantitative estimate of drug-likeness (QED) is 0.770. The van der Waals surface area contributed by atoms with E-state index in [-0.39, 0.29) is 0 Å². The summed E-state index contributed by atoms with van der Waals surface area (Å²) in [7, 11) is 2.04. The molecular formula is C13H25N3. The average molecular weight is 223 g/mol. The Morgan fingerprint density at radius 3 is 2.31 bits per heavy atom. The lowest BCUT2D eigenvalue weighted by Crippen LogP contribution is -2.33. The van der Waals surface area contributed by atoms with Gasteiger partial charge in [0.05, 0.1) is 6.54 Å². The number of hydrogen-bond donors (Lipinski definition) is 1. The van der Waals surface area contributed by atoms with Gasteiger partial charge in [-0.05, 0) is 24.7 Å². The fourth-order valence-corrected chi connectivity index (χ4v) is 2.13. The zero-order valence-electron chi connectivity index (χ0n) is 11.1. The highest BCUT2D eigenvalue weighted by Gasteiger charge is 2.23. The number of hydrogen-bond acceptors (Lipinski definition) is 2. The summed E-state index contributed by atoms with van der Waals surface area (Å²) < 4.78 is 2.07. The van der Waals surface area contributed by atoms with Crippen LogP contribution in [0.3, 0.4) is 0 Å². The molecule has 1 aromatic heterocycles. The SMILES string of the molecule is CCC(CC)(CC)CNCc1nccn1C. The van der Waals surface area contributed by atoms with Crippen LogP contribution in [0.5, 0.6) is 0 Å². The fourth-order valence-electron chi connectivity index (χ4n) is 2.13. The van der Waals surface area contributed by atoms with E-state index in [1.165, 1.54) is 19.3 Å². The highest BCUT2D eigenvalue weighted by Crippen LogP contribution is 2.29. The molecule has 0 unspecified atom stereocenters. The molecule has 0 radical (unpaired) electrons. The van der Waals surface area contributed by atoms with Crippen molar-refractivity contribution < 1.29 is 0 Å². The van der Waals surface area contributed by atoms with Crippen LogP contribution in [0.4, 0.5) is 0 Å². The first-order chi connectivity index (χ1) is 7.67. The van der Waals surface area contributed by atoms with Gasteiger partial charge in [-0.1, -0.05) is 20.8 Å². The Morgan fingerprint density at radius 2 is 1.88 bits per heavy atom. The number of rotatable bonds is 7. The van der Waals surface area contributed by atoms with Crippen LogP contribution in [0.2, 0.25) is 0 Å². The summed E-state index contributed by atoms with van der Waals surface area (Å²) in [6.45, 7) is 8.81. The summed E-state index contributed by atoms with van der Waals surface area (Å²) in [6.07, 6.45) is 7.57. The van der Waals surface area contributed by atoms with Crippen molar-refractivity contribution in [3.05, 3.63) is 18.2 Å². The third kappa shape index (κ3) is 3.08. The highest BCUT2D eigenvalue weighted by atomic mass is 15.1. The van der Waals surface area contributed by atoms with E-state index in [9.17, 15) is 0 Å². The first-order valence-electron chi connectivity index (χ1n) is 6.34. The molecule has 3 nitrogen and oxygen atoms in total. The maximum absolute atomic E-state index is 4.31. The van der Waals surface area contributed by atoms with Crippen LogP contribution in [0, 0.1) is 5.41 Å². The minimum atomic E-state index is 0.463. The van der Waals surface area contributed by atoms with Gasteiger partial charge < -0.3 is 9.88 Å². The number of aryl methyl sites for hydroxylation is 1. The van der Waals surface area contributed by atoms with Gasteiger partial charge >= 0.3 is 0 Å². The molecule has 1 heterocycles. The van der Waals surface area contributed by atoms with Crippen molar-refractivity contribution in [2.75, 3.05) is 6.54 Å². The molecule has 0 aromatic carbocycles. The first kappa shape index (κ1) is 13.2. The van der Waals surface area contributed by atoms with Crippen LogP contribution in [0.1, 0.15) is 45.9 Å². The number of nitrogens with zero attached hydrogens (tertiary/aromatic N) is 2. The third-order valence-corrected chi connectivity index (χ3v) is 3.95. The first-order valence-corrected chi connectivity index (χ1v) is 6.34. The minimum Gasteiger partial charge on any atom is -0.337 e. The summed E-state index contributed by atoms with van der Waals surface area (Å²) in [5.74, 6) is 1.11. The Labute approximate surface area is 99.3 Å². The molecule has 0 amide bonds. The molecule has 0 saturated carbocycles. The molecule has 1 N–H and O–H groups in total. The van der Waals surface area contributed by atoms with Gasteiger partial charge in [0.25, 0.3) is 0 Å². The minimum absolute atomic E-state index is 0.463. The third-order valence-electron chi connectivity index (χ3n) is 3.95. The largest absolute Gasteiger partial charge is 0.337 e. The van der Waals surface area contributed by atoms with E-state index in [2.05, 4.69) is 35.6 Å². The molecule has 3 heteroatoms. The summed E-state index contributed by atoms with van der Waals surface area (Å²) in [5.41, 5.74) is 0.463. The second-order valence-corrected chi connectivity index (χ2v) is 4.62. The van der Waals surface area contributed by atoms with Crippen molar-refractivity contribution in [2.45, 2.75) is 46.6 Å². The van der Waals surface area contributed by atoms with Gasteiger partial charge in [-0.3, -0.25) is 0 Å². The van der Waals surface area contributed by atoms with Crippen LogP contribution in [0.15, 0.2) is 12.4 Å². The van der Waals surface area contributed by atoms with Crippen molar-refractivity contribution in [2.24, 2.45) is 12.5 Å². The Morgan fingerprint density at radius 1 is 1.25 bits per heavy atom. The van der Waals surface area contributed by atoms with E-state index in [1.54, 1.807) is 0 Å². The summed E-state index contributed by atoms with van der Waals surface area (Å²) in [4.78, 5) is 4.31. The monoisotopic (exact) mass is 223 g/mol. The molecule has 0 aliphatic carbocycles. The molecule has 1 rings (SSSR count). The molecule has 0 aliphatic heterocycles. The molecule has 1 aromatic rings. The molecule has 92 valence electrons. The molecule has 0 fully saturated rings. The molecule has 16 heavy (non-hydrogen) atoms. The lowest BCUT2D eigenvalue weighted by molar-refractivity contribution is 0.237. The molecule has 0 bridgehead atoms. The maximum atomic E-state index is 4.31. The van der Waals surface area contributed by atoms with E-state index >= 15 is 0 Å². The standard InChI is InChI=1S/C13H25N3/c1-5-13(6-2,7-3)11-14-10-12-15-8-9-16(12)4/h8-9,14H,5-7,10-11H2,1-4H3. The van der Waals surface area contributed by atoms with Crippen LogP contribution in [-0.2, 0) is 13.6 Å². The van der Waals surface area contributed by atoms with Crippen LogP contribution in [0.25, 0.3) is 0 Å². The smallest absolute Gasteiger partial charge is 0.122 e. The van der Waals surface area contributed by atoms with Crippen molar-refractivity contribution in [3.63, 3.8) is 0 Å². The highest BCUT2D eigenvalue weighted by molar-refractivity contribution is 4.91. The molecule has 0 atom stereocenters. The molecule has 0 aliphatic rings. The van der Waals surface area contributed by atoms with Gasteiger partial charge in [-0.2, -0.15) is 0 Å². The second-order valence-electron chi connectivity index (χ2n) is 4.62. The number of nitrogens with one attached hydrogen (secondary N) is 1. The number of aromatic nitrogens is 2. The number of imidazole rings is 1. The summed E-state index contributed by atoms with van der Waals surface area (Å²) in [6, 6.07) is 0. The zero-order chi connectivity index (χ0) is 12.0. The Bertz CT molecular complexity index is 292. The molecule has 0 spiro atoms. The normalized spacial score (nSPS) is 12.0. The molecule has 0 saturated heterocycles. The predicted octanol–water partition coefficient (Wildman–Crippen LogP) is 2.73. The second kappa shape index (κ2) is 6.04. The lowest BCUT2D eigenvalue weighted by Gasteiger charge is -2.30. The van der Waals surface area contributed by atoms with Crippen LogP contribution in [-0.4, -0.2) is 16.1 Å². The average Bonchev–Trinajstić information content (AvgIpc) is 2.71. The van der Waals surface area contributed by atoms with Crippen molar-refractivity contribution >= 4 is 0 Å². The van der Waals surface area contributed by atoms with Gasteiger partial charge in [0, 0.05) is 26.0 Å². The maximum Gasteiger partial charge on any atom is 0.122 e. The lowest BCUT2D eigenvalue weighted by atomic mass is 9.80. The van der Waals surface area contributed by atoms with Gasteiger partial charge in [0.1, 0.15) is 5.82 Å². The summed E-state index contributed by atoms with van der Waals surface area (Å²) >= 11 is 0. The Balaban J connectivity index is 2.42.